The van der Waals surface area contributed by atoms with Crippen molar-refractivity contribution in [3.63, 3.8) is 0 Å². The molecule has 0 aromatic carbocycles. The first-order valence-electron chi connectivity index (χ1n) is 7.19. The molecule has 1 N–H and O–H groups in total. The molecule has 0 bridgehead atoms. The lowest BCUT2D eigenvalue weighted by Crippen LogP contribution is -2.48. The molecule has 1 aromatic heterocycles. The maximum atomic E-state index is 12.5. The van der Waals surface area contributed by atoms with Crippen molar-refractivity contribution in [2.24, 2.45) is 0 Å². The Labute approximate surface area is 131 Å². The summed E-state index contributed by atoms with van der Waals surface area (Å²) in [7, 11) is -3.62. The first kappa shape index (κ1) is 18.5. The molecular weight excluding hydrogens is 306 g/mol. The van der Waals surface area contributed by atoms with Crippen LogP contribution in [0.1, 0.15) is 54.9 Å². The molecular formula is C13H25N5O3S. The van der Waals surface area contributed by atoms with Crippen LogP contribution in [0.15, 0.2) is 0 Å². The Bertz CT molecular complexity index is 643. The molecule has 1 rings (SSSR count). The number of carbonyl (C=O) groups is 1. The van der Waals surface area contributed by atoms with E-state index in [1.54, 1.807) is 13.8 Å². The summed E-state index contributed by atoms with van der Waals surface area (Å²) in [6.07, 6.45) is 0.442. The molecule has 0 aliphatic rings. The SMILES string of the molecule is CC[C@H](C)S(=O)(=O)C(C)(C)C(=O)Nc1nnn(C(C)(C)C)n1. The molecule has 0 radical (unpaired) electrons. The number of tetrazole rings is 1. The van der Waals surface area contributed by atoms with Gasteiger partial charge < -0.3 is 0 Å². The Morgan fingerprint density at radius 2 is 1.82 bits per heavy atom. The van der Waals surface area contributed by atoms with Crippen LogP contribution in [-0.4, -0.2) is 44.5 Å². The van der Waals surface area contributed by atoms with Crippen LogP contribution < -0.4 is 5.32 Å². The van der Waals surface area contributed by atoms with Crippen molar-refractivity contribution in [1.29, 1.82) is 0 Å². The van der Waals surface area contributed by atoms with Gasteiger partial charge >= 0.3 is 0 Å². The molecule has 1 aromatic rings. The number of hydrogen-bond acceptors (Lipinski definition) is 6. The third-order valence-corrected chi connectivity index (χ3v) is 6.60. The minimum Gasteiger partial charge on any atom is -0.291 e. The molecule has 0 saturated carbocycles. The van der Waals surface area contributed by atoms with Gasteiger partial charge in [0.2, 0.25) is 5.91 Å². The molecule has 0 unspecified atom stereocenters. The van der Waals surface area contributed by atoms with Gasteiger partial charge in [-0.15, -0.1) is 5.10 Å². The Morgan fingerprint density at radius 1 is 1.27 bits per heavy atom. The summed E-state index contributed by atoms with van der Waals surface area (Å²) >= 11 is 0. The molecule has 22 heavy (non-hydrogen) atoms. The fraction of sp³-hybridized carbons (Fsp3) is 0.846. The zero-order valence-corrected chi connectivity index (χ0v) is 15.0. The van der Waals surface area contributed by atoms with Crippen molar-refractivity contribution in [3.05, 3.63) is 0 Å². The molecule has 9 heteroatoms. The zero-order chi connectivity index (χ0) is 17.3. The van der Waals surface area contributed by atoms with E-state index in [-0.39, 0.29) is 11.5 Å². The van der Waals surface area contributed by atoms with Gasteiger partial charge in [0.05, 0.1) is 10.8 Å². The third-order valence-electron chi connectivity index (χ3n) is 3.60. The lowest BCUT2D eigenvalue weighted by molar-refractivity contribution is -0.117. The summed E-state index contributed by atoms with van der Waals surface area (Å²) in [6, 6.07) is 0. The topological polar surface area (TPSA) is 107 Å². The van der Waals surface area contributed by atoms with Gasteiger partial charge in [-0.3, -0.25) is 10.1 Å². The van der Waals surface area contributed by atoms with E-state index in [0.717, 1.165) is 0 Å². The van der Waals surface area contributed by atoms with E-state index in [2.05, 4.69) is 20.7 Å². The number of rotatable bonds is 5. The van der Waals surface area contributed by atoms with E-state index in [1.165, 1.54) is 18.6 Å². The van der Waals surface area contributed by atoms with Crippen LogP contribution in [0.25, 0.3) is 0 Å². The molecule has 0 aliphatic heterocycles. The molecule has 0 spiro atoms. The number of sulfone groups is 1. The molecule has 0 aliphatic carbocycles. The second kappa shape index (κ2) is 5.94. The van der Waals surface area contributed by atoms with Crippen molar-refractivity contribution >= 4 is 21.7 Å². The average molecular weight is 331 g/mol. The normalized spacial score (nSPS) is 14.7. The number of nitrogens with zero attached hydrogens (tertiary/aromatic N) is 4. The first-order valence-corrected chi connectivity index (χ1v) is 8.74. The molecule has 8 nitrogen and oxygen atoms in total. The molecule has 0 fully saturated rings. The van der Waals surface area contributed by atoms with Crippen LogP contribution in [0.5, 0.6) is 0 Å². The molecule has 1 atom stereocenters. The highest BCUT2D eigenvalue weighted by atomic mass is 32.2. The number of hydrogen-bond donors (Lipinski definition) is 1. The second-order valence-corrected chi connectivity index (χ2v) is 9.72. The highest BCUT2D eigenvalue weighted by Crippen LogP contribution is 2.24. The van der Waals surface area contributed by atoms with Crippen molar-refractivity contribution in [3.8, 4) is 0 Å². The lowest BCUT2D eigenvalue weighted by Gasteiger charge is -2.26. The van der Waals surface area contributed by atoms with Crippen LogP contribution in [-0.2, 0) is 20.2 Å². The van der Waals surface area contributed by atoms with Gasteiger partial charge in [-0.2, -0.15) is 4.80 Å². The number of carbonyl (C=O) groups excluding carboxylic acids is 1. The van der Waals surface area contributed by atoms with Crippen molar-refractivity contribution in [1.82, 2.24) is 20.2 Å². The van der Waals surface area contributed by atoms with E-state index in [4.69, 9.17) is 0 Å². The molecule has 1 heterocycles. The number of amides is 1. The standard InChI is InChI=1S/C13H25N5O3S/c1-8-9(2)22(20,21)13(6,7)10(19)14-11-15-17-18(16-11)12(3,4)5/h9H,8H2,1-7H3,(H,14,16,19)/t9-/m0/s1. The number of nitrogens with one attached hydrogen (secondary N) is 1. The van der Waals surface area contributed by atoms with Gasteiger partial charge in [-0.25, -0.2) is 8.42 Å². The maximum absolute atomic E-state index is 12.5. The van der Waals surface area contributed by atoms with Gasteiger partial charge in [-0.05, 0) is 53.2 Å². The van der Waals surface area contributed by atoms with E-state index < -0.39 is 25.7 Å². The predicted octanol–water partition coefficient (Wildman–Crippen LogP) is 1.36. The van der Waals surface area contributed by atoms with Crippen LogP contribution in [0.4, 0.5) is 5.95 Å². The zero-order valence-electron chi connectivity index (χ0n) is 14.2. The van der Waals surface area contributed by atoms with E-state index >= 15 is 0 Å². The maximum Gasteiger partial charge on any atom is 0.270 e. The number of anilines is 1. The van der Waals surface area contributed by atoms with Crippen LogP contribution >= 0.6 is 0 Å². The second-order valence-electron chi connectivity index (χ2n) is 6.80. The highest BCUT2D eigenvalue weighted by Gasteiger charge is 2.44. The highest BCUT2D eigenvalue weighted by molar-refractivity contribution is 7.94. The van der Waals surface area contributed by atoms with Crippen LogP contribution in [0, 0.1) is 0 Å². The lowest BCUT2D eigenvalue weighted by atomic mass is 10.1. The summed E-state index contributed by atoms with van der Waals surface area (Å²) in [6.45, 7) is 11.8. The minimum atomic E-state index is -3.62. The Morgan fingerprint density at radius 3 is 2.23 bits per heavy atom. The summed E-state index contributed by atoms with van der Waals surface area (Å²) in [5.74, 6) is -0.673. The van der Waals surface area contributed by atoms with Crippen molar-refractivity contribution < 1.29 is 13.2 Å². The Hall–Kier alpha value is -1.51. The van der Waals surface area contributed by atoms with E-state index in [9.17, 15) is 13.2 Å². The number of aromatic nitrogens is 4. The average Bonchev–Trinajstić information content (AvgIpc) is 2.85. The largest absolute Gasteiger partial charge is 0.291 e. The van der Waals surface area contributed by atoms with Gasteiger partial charge in [0.1, 0.15) is 4.75 Å². The van der Waals surface area contributed by atoms with Gasteiger partial charge in [0.25, 0.3) is 5.95 Å². The third kappa shape index (κ3) is 3.45. The fourth-order valence-corrected chi connectivity index (χ4v) is 3.41. The summed E-state index contributed by atoms with van der Waals surface area (Å²) in [4.78, 5) is 13.7. The minimum absolute atomic E-state index is 0.00708. The van der Waals surface area contributed by atoms with Gasteiger partial charge in [-0.1, -0.05) is 12.0 Å². The van der Waals surface area contributed by atoms with Gasteiger partial charge in [0.15, 0.2) is 9.84 Å². The Balaban J connectivity index is 3.00. The van der Waals surface area contributed by atoms with Gasteiger partial charge in [0, 0.05) is 0 Å². The fourth-order valence-electron chi connectivity index (χ4n) is 1.65. The molecule has 126 valence electrons. The quantitative estimate of drug-likeness (QED) is 0.873. The monoisotopic (exact) mass is 331 g/mol. The van der Waals surface area contributed by atoms with Crippen molar-refractivity contribution in [2.75, 3.05) is 5.32 Å². The summed E-state index contributed by atoms with van der Waals surface area (Å²) in [5, 5.41) is 13.5. The molecule has 1 amide bonds. The van der Waals surface area contributed by atoms with E-state index in [0.29, 0.717) is 6.42 Å². The van der Waals surface area contributed by atoms with Crippen LogP contribution in [0.2, 0.25) is 0 Å². The Kier molecular flexibility index (Phi) is 5.01. The smallest absolute Gasteiger partial charge is 0.270 e. The summed E-state index contributed by atoms with van der Waals surface area (Å²) in [5.41, 5.74) is -0.381. The first-order chi connectivity index (χ1) is 9.84. The predicted molar refractivity (Wildman–Crippen MR) is 84.2 cm³/mol. The molecule has 0 saturated heterocycles. The van der Waals surface area contributed by atoms with Crippen molar-refractivity contribution in [2.45, 2.75) is 70.4 Å². The van der Waals surface area contributed by atoms with Crippen LogP contribution in [0.3, 0.4) is 0 Å². The van der Waals surface area contributed by atoms with E-state index in [1.807, 2.05) is 20.8 Å². The summed E-state index contributed by atoms with van der Waals surface area (Å²) < 4.78 is 23.3.